The van der Waals surface area contributed by atoms with Crippen LogP contribution in [0.5, 0.6) is 0 Å². The zero-order chi connectivity index (χ0) is 13.1. The van der Waals surface area contributed by atoms with Crippen molar-refractivity contribution in [3.8, 4) is 12.3 Å². The lowest BCUT2D eigenvalue weighted by Gasteiger charge is -2.47. The lowest BCUT2D eigenvalue weighted by molar-refractivity contribution is -0.178. The highest BCUT2D eigenvalue weighted by molar-refractivity contribution is 5.89. The summed E-state index contributed by atoms with van der Waals surface area (Å²) in [5.74, 6) is 2.32. The molecule has 1 amide bonds. The number of ether oxygens (including phenoxy) is 1. The molecule has 3 atom stereocenters. The maximum atomic E-state index is 11.7. The van der Waals surface area contributed by atoms with Gasteiger partial charge in [-0.05, 0) is 25.7 Å². The van der Waals surface area contributed by atoms with Gasteiger partial charge in [0.05, 0.1) is 18.7 Å². The number of amides is 1. The number of terminal acetylenes is 1. The summed E-state index contributed by atoms with van der Waals surface area (Å²) in [5.41, 5.74) is 1.28. The van der Waals surface area contributed by atoms with E-state index in [4.69, 9.17) is 11.2 Å². The van der Waals surface area contributed by atoms with Crippen molar-refractivity contribution >= 4 is 5.91 Å². The lowest BCUT2D eigenvalue weighted by atomic mass is 9.89. The molecule has 0 aromatic carbocycles. The van der Waals surface area contributed by atoms with Gasteiger partial charge in [-0.2, -0.15) is 0 Å². The van der Waals surface area contributed by atoms with E-state index in [-0.39, 0.29) is 18.5 Å². The summed E-state index contributed by atoms with van der Waals surface area (Å²) >= 11 is 0. The third-order valence-electron chi connectivity index (χ3n) is 3.71. The summed E-state index contributed by atoms with van der Waals surface area (Å²) in [7, 11) is 1.49. The molecule has 2 aliphatic rings. The van der Waals surface area contributed by atoms with E-state index < -0.39 is 12.2 Å². The molecule has 2 rings (SSSR count). The molecule has 0 spiro atoms. The van der Waals surface area contributed by atoms with Crippen LogP contribution in [0.2, 0.25) is 0 Å². The van der Waals surface area contributed by atoms with E-state index in [0.29, 0.717) is 6.42 Å². The highest BCUT2D eigenvalue weighted by Gasteiger charge is 2.50. The number of nitrogens with zero attached hydrogens (tertiary/aromatic N) is 1. The minimum atomic E-state index is -0.592. The molecule has 1 aliphatic heterocycles. The molecule has 0 aromatic rings. The van der Waals surface area contributed by atoms with E-state index in [1.165, 1.54) is 17.6 Å². The van der Waals surface area contributed by atoms with Crippen molar-refractivity contribution in [1.29, 1.82) is 0 Å². The van der Waals surface area contributed by atoms with Crippen LogP contribution < -0.4 is 0 Å². The third kappa shape index (κ3) is 2.29. The molecule has 1 fully saturated rings. The van der Waals surface area contributed by atoms with E-state index in [0.717, 1.165) is 19.3 Å². The molecule has 18 heavy (non-hydrogen) atoms. The summed E-state index contributed by atoms with van der Waals surface area (Å²) in [6.07, 6.45) is 10.2. The molecule has 1 heterocycles. The molecule has 4 heteroatoms. The van der Waals surface area contributed by atoms with Crippen LogP contribution in [-0.4, -0.2) is 47.8 Å². The Balaban J connectivity index is 1.99. The summed E-state index contributed by atoms with van der Waals surface area (Å²) in [5, 5.41) is 10.3. The number of aliphatic hydroxyl groups excluding tert-OH is 1. The number of carbonyl (C=O) groups is 1. The largest absolute Gasteiger partial charge is 0.391 e. The number of methoxy groups -OCH3 is 1. The monoisotopic (exact) mass is 249 g/mol. The van der Waals surface area contributed by atoms with Crippen LogP contribution in [0.1, 0.15) is 25.7 Å². The molecule has 1 aliphatic carbocycles. The molecule has 1 N–H and O–H groups in total. The molecule has 0 unspecified atom stereocenters. The Morgan fingerprint density at radius 1 is 1.72 bits per heavy atom. The van der Waals surface area contributed by atoms with Gasteiger partial charge in [0.2, 0.25) is 0 Å². The SMILES string of the molecule is C#CCN1C(=O)[C@H](OC)[C@@H]1[C@H](O)CC1=CCCC1. The minimum Gasteiger partial charge on any atom is -0.391 e. The van der Waals surface area contributed by atoms with Crippen LogP contribution in [0.15, 0.2) is 11.6 Å². The second-order valence-electron chi connectivity index (χ2n) is 4.84. The van der Waals surface area contributed by atoms with Crippen molar-refractivity contribution in [2.75, 3.05) is 13.7 Å². The Bertz CT molecular complexity index is 396. The van der Waals surface area contributed by atoms with Gasteiger partial charge in [-0.15, -0.1) is 6.42 Å². The van der Waals surface area contributed by atoms with Crippen LogP contribution in [0, 0.1) is 12.3 Å². The van der Waals surface area contributed by atoms with E-state index in [9.17, 15) is 9.90 Å². The normalized spacial score (nSPS) is 28.6. The zero-order valence-corrected chi connectivity index (χ0v) is 10.6. The fourth-order valence-corrected chi connectivity index (χ4v) is 2.78. The van der Waals surface area contributed by atoms with Gasteiger partial charge in [0.1, 0.15) is 0 Å². The number of likely N-dealkylation sites (tertiary alicyclic amines) is 1. The highest BCUT2D eigenvalue weighted by atomic mass is 16.5. The van der Waals surface area contributed by atoms with Gasteiger partial charge < -0.3 is 14.7 Å². The predicted octanol–water partition coefficient (Wildman–Crippen LogP) is 0.707. The van der Waals surface area contributed by atoms with Crippen molar-refractivity contribution in [2.24, 2.45) is 0 Å². The smallest absolute Gasteiger partial charge is 0.255 e. The van der Waals surface area contributed by atoms with Gasteiger partial charge in [0, 0.05) is 7.11 Å². The fourth-order valence-electron chi connectivity index (χ4n) is 2.78. The van der Waals surface area contributed by atoms with Gasteiger partial charge in [-0.3, -0.25) is 4.79 Å². The summed E-state index contributed by atoms with van der Waals surface area (Å²) in [6.45, 7) is 0.236. The number of allylic oxidation sites excluding steroid dienone is 1. The first-order valence-corrected chi connectivity index (χ1v) is 6.31. The summed E-state index contributed by atoms with van der Waals surface area (Å²) in [4.78, 5) is 13.2. The van der Waals surface area contributed by atoms with Gasteiger partial charge >= 0.3 is 0 Å². The summed E-state index contributed by atoms with van der Waals surface area (Å²) < 4.78 is 5.13. The fraction of sp³-hybridized carbons (Fsp3) is 0.643. The lowest BCUT2D eigenvalue weighted by Crippen LogP contribution is -2.69. The van der Waals surface area contributed by atoms with Crippen molar-refractivity contribution in [1.82, 2.24) is 4.90 Å². The Morgan fingerprint density at radius 2 is 2.50 bits per heavy atom. The van der Waals surface area contributed by atoms with Crippen LogP contribution in [0.25, 0.3) is 0 Å². The van der Waals surface area contributed by atoms with E-state index in [1.807, 2.05) is 0 Å². The summed E-state index contributed by atoms with van der Waals surface area (Å²) in [6, 6.07) is -0.306. The number of aliphatic hydroxyl groups is 1. The number of hydrogen-bond acceptors (Lipinski definition) is 3. The number of rotatable bonds is 5. The Hall–Kier alpha value is -1.31. The molecular weight excluding hydrogens is 230 g/mol. The maximum Gasteiger partial charge on any atom is 0.255 e. The first kappa shape index (κ1) is 13.1. The minimum absolute atomic E-state index is 0.125. The Kier molecular flexibility index (Phi) is 4.05. The predicted molar refractivity (Wildman–Crippen MR) is 67.7 cm³/mol. The average molecular weight is 249 g/mol. The third-order valence-corrected chi connectivity index (χ3v) is 3.71. The van der Waals surface area contributed by atoms with Crippen LogP contribution in [0.4, 0.5) is 0 Å². The molecule has 1 saturated heterocycles. The topological polar surface area (TPSA) is 49.8 Å². The molecule has 0 bridgehead atoms. The quantitative estimate of drug-likeness (QED) is 0.443. The second kappa shape index (κ2) is 5.55. The number of hydrogen-bond donors (Lipinski definition) is 1. The van der Waals surface area contributed by atoms with Crippen molar-refractivity contribution in [2.45, 2.75) is 43.9 Å². The van der Waals surface area contributed by atoms with E-state index in [2.05, 4.69) is 12.0 Å². The highest BCUT2D eigenvalue weighted by Crippen LogP contribution is 2.30. The first-order valence-electron chi connectivity index (χ1n) is 6.31. The van der Waals surface area contributed by atoms with Crippen molar-refractivity contribution in [3.63, 3.8) is 0 Å². The van der Waals surface area contributed by atoms with E-state index in [1.54, 1.807) is 0 Å². The van der Waals surface area contributed by atoms with E-state index >= 15 is 0 Å². The first-order chi connectivity index (χ1) is 8.69. The Morgan fingerprint density at radius 3 is 3.06 bits per heavy atom. The standard InChI is InChI=1S/C14H19NO3/c1-3-8-15-12(13(18-2)14(15)17)11(16)9-10-6-4-5-7-10/h1,6,11-13,16H,4-5,7-9H2,2H3/t11-,12+,13-/m1/s1. The average Bonchev–Trinajstić information content (AvgIpc) is 2.85. The van der Waals surface area contributed by atoms with Gasteiger partial charge in [-0.25, -0.2) is 0 Å². The zero-order valence-electron chi connectivity index (χ0n) is 10.6. The molecule has 98 valence electrons. The number of carbonyl (C=O) groups excluding carboxylic acids is 1. The van der Waals surface area contributed by atoms with Crippen LogP contribution in [0.3, 0.4) is 0 Å². The molecule has 0 radical (unpaired) electrons. The van der Waals surface area contributed by atoms with Gasteiger partial charge in [-0.1, -0.05) is 17.6 Å². The van der Waals surface area contributed by atoms with Crippen molar-refractivity contribution < 1.29 is 14.6 Å². The van der Waals surface area contributed by atoms with Gasteiger partial charge in [0.25, 0.3) is 5.91 Å². The molecule has 0 aromatic heterocycles. The molecular formula is C14H19NO3. The maximum absolute atomic E-state index is 11.7. The molecule has 4 nitrogen and oxygen atoms in total. The second-order valence-corrected chi connectivity index (χ2v) is 4.84. The van der Waals surface area contributed by atoms with Crippen LogP contribution in [-0.2, 0) is 9.53 Å². The van der Waals surface area contributed by atoms with Crippen LogP contribution >= 0.6 is 0 Å². The van der Waals surface area contributed by atoms with Gasteiger partial charge in [0.15, 0.2) is 6.10 Å². The Labute approximate surface area is 108 Å². The van der Waals surface area contributed by atoms with Crippen molar-refractivity contribution in [3.05, 3.63) is 11.6 Å². The number of β-lactam (4-membered cyclic amide) rings is 1. The molecule has 0 saturated carbocycles.